The van der Waals surface area contributed by atoms with Crippen LogP contribution >= 0.6 is 0 Å². The Hall–Kier alpha value is -1.73. The number of nitrogens with zero attached hydrogens (tertiary/aromatic N) is 3. The van der Waals surface area contributed by atoms with Crippen LogP contribution in [0.25, 0.3) is 0 Å². The van der Waals surface area contributed by atoms with Crippen LogP contribution in [0.3, 0.4) is 0 Å². The summed E-state index contributed by atoms with van der Waals surface area (Å²) in [7, 11) is 1.38. The van der Waals surface area contributed by atoms with Gasteiger partial charge >= 0.3 is 5.97 Å². The normalized spacial score (nSPS) is 18.6. The lowest BCUT2D eigenvalue weighted by Gasteiger charge is -2.28. The molecule has 108 valence electrons. The number of hydrogen-bond acceptors (Lipinski definition) is 7. The van der Waals surface area contributed by atoms with Gasteiger partial charge in [-0.3, -0.25) is 0 Å². The highest BCUT2D eigenvalue weighted by Gasteiger charge is 2.25. The van der Waals surface area contributed by atoms with Gasteiger partial charge in [0.05, 0.1) is 26.0 Å². The zero-order chi connectivity index (χ0) is 13.9. The van der Waals surface area contributed by atoms with Crippen LogP contribution < -0.4 is 10.2 Å². The molecule has 3 rings (SSSR count). The number of fused-ring (bicyclic) bond motifs is 1. The summed E-state index contributed by atoms with van der Waals surface area (Å²) in [5.41, 5.74) is 2.21. The van der Waals surface area contributed by atoms with Gasteiger partial charge in [0, 0.05) is 25.2 Å². The molecule has 2 aliphatic heterocycles. The second kappa shape index (κ2) is 5.72. The maximum Gasteiger partial charge on any atom is 0.357 e. The third-order valence-electron chi connectivity index (χ3n) is 3.60. The average molecular weight is 278 g/mol. The largest absolute Gasteiger partial charge is 0.464 e. The maximum atomic E-state index is 11.9. The van der Waals surface area contributed by atoms with Crippen LogP contribution in [0.5, 0.6) is 0 Å². The molecule has 0 atom stereocenters. The lowest BCUT2D eigenvalue weighted by molar-refractivity contribution is 0.0592. The maximum absolute atomic E-state index is 11.9. The second-order valence-electron chi connectivity index (χ2n) is 4.82. The Bertz CT molecular complexity index is 515. The number of methoxy groups -OCH3 is 1. The Morgan fingerprint density at radius 1 is 1.35 bits per heavy atom. The van der Waals surface area contributed by atoms with Crippen molar-refractivity contribution in [1.82, 2.24) is 15.3 Å². The molecule has 0 radical (unpaired) electrons. The van der Waals surface area contributed by atoms with Gasteiger partial charge in [0.1, 0.15) is 0 Å². The van der Waals surface area contributed by atoms with Crippen molar-refractivity contribution in [2.75, 3.05) is 44.9 Å². The molecule has 1 saturated heterocycles. The molecule has 1 aromatic heterocycles. The molecule has 7 nitrogen and oxygen atoms in total. The Morgan fingerprint density at radius 2 is 2.15 bits per heavy atom. The quantitative estimate of drug-likeness (QED) is 0.747. The van der Waals surface area contributed by atoms with E-state index in [1.165, 1.54) is 7.11 Å². The van der Waals surface area contributed by atoms with Crippen LogP contribution in [-0.2, 0) is 22.4 Å². The van der Waals surface area contributed by atoms with E-state index in [0.29, 0.717) is 31.4 Å². The zero-order valence-electron chi connectivity index (χ0n) is 11.5. The van der Waals surface area contributed by atoms with E-state index in [9.17, 15) is 4.79 Å². The Kier molecular flexibility index (Phi) is 3.79. The Balaban J connectivity index is 2.00. The Morgan fingerprint density at radius 3 is 2.90 bits per heavy atom. The summed E-state index contributed by atoms with van der Waals surface area (Å²) in [6.07, 6.45) is 0.753. The summed E-state index contributed by atoms with van der Waals surface area (Å²) >= 11 is 0. The molecule has 0 amide bonds. The molecule has 0 saturated carbocycles. The van der Waals surface area contributed by atoms with Gasteiger partial charge in [-0.05, 0) is 13.0 Å². The van der Waals surface area contributed by atoms with Crippen molar-refractivity contribution in [2.24, 2.45) is 0 Å². The predicted octanol–water partition coefficient (Wildman–Crippen LogP) is -0.254. The fraction of sp³-hybridized carbons (Fsp3) is 0.615. The van der Waals surface area contributed by atoms with Crippen molar-refractivity contribution >= 4 is 11.9 Å². The number of nitrogens with one attached hydrogen (secondary N) is 1. The molecule has 2 aliphatic rings. The minimum absolute atomic E-state index is 0.389. The van der Waals surface area contributed by atoms with Crippen LogP contribution in [-0.4, -0.2) is 55.9 Å². The van der Waals surface area contributed by atoms with Crippen LogP contribution in [0.15, 0.2) is 0 Å². The highest BCUT2D eigenvalue weighted by molar-refractivity contribution is 5.89. The fourth-order valence-electron chi connectivity index (χ4n) is 2.52. The molecule has 1 aromatic rings. The smallest absolute Gasteiger partial charge is 0.357 e. The third-order valence-corrected chi connectivity index (χ3v) is 3.60. The molecular weight excluding hydrogens is 260 g/mol. The van der Waals surface area contributed by atoms with E-state index in [1.807, 2.05) is 4.90 Å². The molecule has 0 unspecified atom stereocenters. The first-order chi connectivity index (χ1) is 9.79. The van der Waals surface area contributed by atoms with Crippen molar-refractivity contribution in [2.45, 2.75) is 13.0 Å². The predicted molar refractivity (Wildman–Crippen MR) is 71.8 cm³/mol. The molecule has 1 N–H and O–H groups in total. The number of esters is 1. The number of morpholine rings is 1. The van der Waals surface area contributed by atoms with Crippen LogP contribution in [0.1, 0.15) is 21.7 Å². The third kappa shape index (κ3) is 2.46. The monoisotopic (exact) mass is 278 g/mol. The van der Waals surface area contributed by atoms with E-state index in [-0.39, 0.29) is 5.97 Å². The van der Waals surface area contributed by atoms with Crippen molar-refractivity contribution in [3.05, 3.63) is 17.0 Å². The highest BCUT2D eigenvalue weighted by atomic mass is 16.5. The van der Waals surface area contributed by atoms with E-state index in [1.54, 1.807) is 0 Å². The Labute approximate surface area is 117 Å². The van der Waals surface area contributed by atoms with Crippen molar-refractivity contribution in [1.29, 1.82) is 0 Å². The first kappa shape index (κ1) is 13.3. The summed E-state index contributed by atoms with van der Waals surface area (Å²) in [5.74, 6) is 0.205. The van der Waals surface area contributed by atoms with E-state index < -0.39 is 0 Å². The number of carbonyl (C=O) groups excluding carboxylic acids is 1. The first-order valence-electron chi connectivity index (χ1n) is 6.81. The molecule has 0 aromatic carbocycles. The summed E-state index contributed by atoms with van der Waals surface area (Å²) < 4.78 is 10.2. The van der Waals surface area contributed by atoms with Gasteiger partial charge in [-0.15, -0.1) is 0 Å². The molecule has 3 heterocycles. The molecule has 1 fully saturated rings. The van der Waals surface area contributed by atoms with Crippen molar-refractivity contribution < 1.29 is 14.3 Å². The minimum atomic E-state index is -0.389. The molecule has 20 heavy (non-hydrogen) atoms. The highest BCUT2D eigenvalue weighted by Crippen LogP contribution is 2.21. The van der Waals surface area contributed by atoms with E-state index in [4.69, 9.17) is 9.47 Å². The second-order valence-corrected chi connectivity index (χ2v) is 4.82. The topological polar surface area (TPSA) is 76.6 Å². The van der Waals surface area contributed by atoms with Gasteiger partial charge in [0.15, 0.2) is 5.69 Å². The van der Waals surface area contributed by atoms with Crippen molar-refractivity contribution in [3.63, 3.8) is 0 Å². The zero-order valence-corrected chi connectivity index (χ0v) is 11.5. The lowest BCUT2D eigenvalue weighted by atomic mass is 10.0. The fourth-order valence-corrected chi connectivity index (χ4v) is 2.52. The summed E-state index contributed by atoms with van der Waals surface area (Å²) in [4.78, 5) is 23.0. The number of hydrogen-bond donors (Lipinski definition) is 1. The summed E-state index contributed by atoms with van der Waals surface area (Å²) in [6.45, 7) is 4.30. The van der Waals surface area contributed by atoms with Gasteiger partial charge in [-0.2, -0.15) is 0 Å². The molecule has 0 bridgehead atoms. The SMILES string of the molecule is COC(=O)c1nc(N2CCOCC2)nc2c1CCNC2. The number of carbonyl (C=O) groups is 1. The van der Waals surface area contributed by atoms with Crippen LogP contribution in [0.2, 0.25) is 0 Å². The van der Waals surface area contributed by atoms with Gasteiger partial charge in [-0.25, -0.2) is 14.8 Å². The number of rotatable bonds is 2. The van der Waals surface area contributed by atoms with Gasteiger partial charge < -0.3 is 19.7 Å². The number of aromatic nitrogens is 2. The summed E-state index contributed by atoms with van der Waals surface area (Å²) in [6, 6.07) is 0. The number of anilines is 1. The molecular formula is C13H18N4O3. The minimum Gasteiger partial charge on any atom is -0.464 e. The van der Waals surface area contributed by atoms with Gasteiger partial charge in [0.25, 0.3) is 0 Å². The van der Waals surface area contributed by atoms with Crippen LogP contribution in [0.4, 0.5) is 5.95 Å². The average Bonchev–Trinajstić information content (AvgIpc) is 2.54. The van der Waals surface area contributed by atoms with Crippen molar-refractivity contribution in [3.8, 4) is 0 Å². The van der Waals surface area contributed by atoms with E-state index in [0.717, 1.165) is 37.3 Å². The lowest BCUT2D eigenvalue weighted by Crippen LogP contribution is -2.38. The molecule has 7 heteroatoms. The van der Waals surface area contributed by atoms with E-state index >= 15 is 0 Å². The standard InChI is InChI=1S/C13H18N4O3/c1-19-12(18)11-9-2-3-14-8-10(9)15-13(16-11)17-4-6-20-7-5-17/h14H,2-8H2,1H3. The number of ether oxygens (including phenoxy) is 2. The molecule has 0 aliphatic carbocycles. The van der Waals surface area contributed by atoms with Gasteiger partial charge in [-0.1, -0.05) is 0 Å². The molecule has 0 spiro atoms. The summed E-state index contributed by atoms with van der Waals surface area (Å²) in [5, 5.41) is 3.27. The van der Waals surface area contributed by atoms with E-state index in [2.05, 4.69) is 15.3 Å². The first-order valence-corrected chi connectivity index (χ1v) is 6.81. The van der Waals surface area contributed by atoms with Crippen LogP contribution in [0, 0.1) is 0 Å². The van der Waals surface area contributed by atoms with Gasteiger partial charge in [0.2, 0.25) is 5.95 Å².